The average molecular weight is 310 g/mol. The Kier molecular flexibility index (Phi) is 7.31. The Hall–Kier alpha value is -2.02. The van der Waals surface area contributed by atoms with Gasteiger partial charge in [0.25, 0.3) is 5.91 Å². The molecule has 0 saturated heterocycles. The number of carbonyl (C=O) groups excluding carboxylic acids is 3. The summed E-state index contributed by atoms with van der Waals surface area (Å²) in [6, 6.07) is 7.35. The molecule has 0 aromatic heterocycles. The first-order chi connectivity index (χ1) is 10.0. The second kappa shape index (κ2) is 9.02. The summed E-state index contributed by atoms with van der Waals surface area (Å²) in [5.74, 6) is -0.561. The van der Waals surface area contributed by atoms with E-state index >= 15 is 0 Å². The Morgan fingerprint density at radius 3 is 2.48 bits per heavy atom. The van der Waals surface area contributed by atoms with Gasteiger partial charge in [0.1, 0.15) is 0 Å². The molecule has 2 N–H and O–H groups in total. The molecule has 21 heavy (non-hydrogen) atoms. The minimum Gasteiger partial charge on any atom is -0.456 e. The number of hydrogen-bond donors (Lipinski definition) is 2. The first-order valence-corrected chi connectivity index (χ1v) is 7.36. The lowest BCUT2D eigenvalue weighted by Crippen LogP contribution is -2.39. The van der Waals surface area contributed by atoms with Crippen molar-refractivity contribution in [1.29, 1.82) is 0 Å². The highest BCUT2D eigenvalue weighted by molar-refractivity contribution is 7.99. The molecule has 1 aromatic carbocycles. The van der Waals surface area contributed by atoms with Crippen molar-refractivity contribution in [2.24, 2.45) is 0 Å². The fourth-order valence-electron chi connectivity index (χ4n) is 1.33. The molecular weight excluding hydrogens is 292 g/mol. The van der Waals surface area contributed by atoms with Crippen molar-refractivity contribution in [2.45, 2.75) is 18.2 Å². The van der Waals surface area contributed by atoms with Crippen LogP contribution in [0.5, 0.6) is 0 Å². The molecular formula is C14H18N2O4S. The Morgan fingerprint density at radius 1 is 1.19 bits per heavy atom. The van der Waals surface area contributed by atoms with Crippen LogP contribution in [-0.2, 0) is 14.3 Å². The number of rotatable bonds is 6. The number of carbonyl (C=O) groups is 3. The third-order valence-electron chi connectivity index (χ3n) is 2.44. The molecule has 1 rings (SSSR count). The molecule has 0 bridgehead atoms. The smallest absolute Gasteiger partial charge is 0.321 e. The second-order valence-electron chi connectivity index (χ2n) is 4.20. The van der Waals surface area contributed by atoms with Crippen molar-refractivity contribution < 1.29 is 19.1 Å². The summed E-state index contributed by atoms with van der Waals surface area (Å²) < 4.78 is 4.76. The molecule has 7 heteroatoms. The van der Waals surface area contributed by atoms with E-state index in [9.17, 15) is 14.4 Å². The zero-order valence-corrected chi connectivity index (χ0v) is 12.8. The number of imide groups is 1. The van der Waals surface area contributed by atoms with Gasteiger partial charge in [-0.15, -0.1) is 11.8 Å². The van der Waals surface area contributed by atoms with Gasteiger partial charge in [0, 0.05) is 17.7 Å². The minimum atomic E-state index is -0.658. The fraction of sp³-hybridized carbons (Fsp3) is 0.357. The summed E-state index contributed by atoms with van der Waals surface area (Å²) in [7, 11) is 1.39. The highest BCUT2D eigenvalue weighted by Crippen LogP contribution is 2.19. The predicted octanol–water partition coefficient (Wildman–Crippen LogP) is 1.48. The van der Waals surface area contributed by atoms with Crippen LogP contribution >= 0.6 is 11.8 Å². The number of esters is 1. The van der Waals surface area contributed by atoms with E-state index in [0.717, 1.165) is 4.90 Å². The van der Waals surface area contributed by atoms with Crippen LogP contribution in [0.3, 0.4) is 0 Å². The summed E-state index contributed by atoms with van der Waals surface area (Å²) in [5.41, 5.74) is 1.18. The van der Waals surface area contributed by atoms with E-state index in [-0.39, 0.29) is 6.42 Å². The number of amides is 3. The maximum Gasteiger partial charge on any atom is 0.321 e. The summed E-state index contributed by atoms with van der Waals surface area (Å²) >= 11 is 1.54. The van der Waals surface area contributed by atoms with Crippen molar-refractivity contribution in [1.82, 2.24) is 10.6 Å². The van der Waals surface area contributed by atoms with Crippen molar-refractivity contribution in [3.63, 3.8) is 0 Å². The minimum absolute atomic E-state index is 0.200. The zero-order valence-electron chi connectivity index (χ0n) is 12.0. The fourth-order valence-corrected chi connectivity index (χ4v) is 2.16. The van der Waals surface area contributed by atoms with Crippen molar-refractivity contribution in [2.75, 3.05) is 19.4 Å². The van der Waals surface area contributed by atoms with Crippen LogP contribution in [-0.4, -0.2) is 37.3 Å². The van der Waals surface area contributed by atoms with Crippen LogP contribution in [0.15, 0.2) is 29.2 Å². The van der Waals surface area contributed by atoms with Gasteiger partial charge < -0.3 is 10.1 Å². The molecule has 6 nitrogen and oxygen atoms in total. The highest BCUT2D eigenvalue weighted by Gasteiger charge is 2.09. The first-order valence-electron chi connectivity index (χ1n) is 6.38. The maximum absolute atomic E-state index is 11.4. The van der Waals surface area contributed by atoms with Crippen LogP contribution in [0.4, 0.5) is 4.79 Å². The van der Waals surface area contributed by atoms with Gasteiger partial charge in [-0.3, -0.25) is 14.9 Å². The number of urea groups is 1. The number of aryl methyl sites for hydroxylation is 1. The van der Waals surface area contributed by atoms with Crippen molar-refractivity contribution >= 4 is 29.7 Å². The van der Waals surface area contributed by atoms with Gasteiger partial charge >= 0.3 is 12.0 Å². The SMILES string of the molecule is CNC(=O)NC(=O)COC(=O)CCSc1ccc(C)cc1. The molecule has 0 aliphatic carbocycles. The van der Waals surface area contributed by atoms with Gasteiger partial charge in [-0.1, -0.05) is 17.7 Å². The van der Waals surface area contributed by atoms with Crippen LogP contribution < -0.4 is 10.6 Å². The number of nitrogens with one attached hydrogen (secondary N) is 2. The average Bonchev–Trinajstić information content (AvgIpc) is 2.47. The van der Waals surface area contributed by atoms with E-state index in [1.807, 2.05) is 36.5 Å². The summed E-state index contributed by atoms with van der Waals surface area (Å²) in [4.78, 5) is 34.5. The first kappa shape index (κ1) is 17.0. The zero-order chi connectivity index (χ0) is 15.7. The largest absolute Gasteiger partial charge is 0.456 e. The van der Waals surface area contributed by atoms with Gasteiger partial charge in [-0.25, -0.2) is 4.79 Å². The molecule has 0 heterocycles. The van der Waals surface area contributed by atoms with Gasteiger partial charge in [-0.2, -0.15) is 0 Å². The monoisotopic (exact) mass is 310 g/mol. The molecule has 0 saturated carbocycles. The molecule has 0 fully saturated rings. The lowest BCUT2D eigenvalue weighted by atomic mass is 10.2. The molecule has 114 valence electrons. The Morgan fingerprint density at radius 2 is 1.86 bits per heavy atom. The Bertz CT molecular complexity index is 502. The van der Waals surface area contributed by atoms with Gasteiger partial charge in [0.05, 0.1) is 6.42 Å². The topological polar surface area (TPSA) is 84.5 Å². The quantitative estimate of drug-likeness (QED) is 0.614. The lowest BCUT2D eigenvalue weighted by Gasteiger charge is -2.05. The summed E-state index contributed by atoms with van der Waals surface area (Å²) in [6.07, 6.45) is 0.200. The standard InChI is InChI=1S/C14H18N2O4S/c1-10-3-5-11(6-4-10)21-8-7-13(18)20-9-12(17)16-14(19)15-2/h3-6H,7-9H2,1-2H3,(H2,15,16,17,19). The Balaban J connectivity index is 2.18. The van der Waals surface area contributed by atoms with Gasteiger partial charge in [0.2, 0.25) is 0 Å². The van der Waals surface area contributed by atoms with Crippen molar-refractivity contribution in [3.8, 4) is 0 Å². The molecule has 0 aliphatic rings. The van der Waals surface area contributed by atoms with E-state index in [4.69, 9.17) is 4.74 Å². The molecule has 0 unspecified atom stereocenters. The Labute approximate surface area is 127 Å². The number of hydrogen-bond acceptors (Lipinski definition) is 5. The van der Waals surface area contributed by atoms with Crippen LogP contribution in [0, 0.1) is 6.92 Å². The maximum atomic E-state index is 11.4. The lowest BCUT2D eigenvalue weighted by molar-refractivity contribution is -0.147. The summed E-state index contributed by atoms with van der Waals surface area (Å²) in [5, 5.41) is 4.23. The third kappa shape index (κ3) is 7.36. The predicted molar refractivity (Wildman–Crippen MR) is 80.1 cm³/mol. The van der Waals surface area contributed by atoms with Crippen LogP contribution in [0.25, 0.3) is 0 Å². The number of ether oxygens (including phenoxy) is 1. The van der Waals surface area contributed by atoms with E-state index in [1.165, 1.54) is 12.6 Å². The molecule has 1 aromatic rings. The molecule has 0 atom stereocenters. The van der Waals surface area contributed by atoms with Crippen LogP contribution in [0.2, 0.25) is 0 Å². The molecule has 0 spiro atoms. The normalized spacial score (nSPS) is 9.81. The molecule has 3 amide bonds. The summed E-state index contributed by atoms with van der Waals surface area (Å²) in [6.45, 7) is 1.55. The highest BCUT2D eigenvalue weighted by atomic mass is 32.2. The molecule has 0 radical (unpaired) electrons. The van der Waals surface area contributed by atoms with E-state index in [1.54, 1.807) is 11.8 Å². The van der Waals surface area contributed by atoms with Crippen molar-refractivity contribution in [3.05, 3.63) is 29.8 Å². The van der Waals surface area contributed by atoms with E-state index in [2.05, 4.69) is 5.32 Å². The van der Waals surface area contributed by atoms with E-state index < -0.39 is 24.5 Å². The van der Waals surface area contributed by atoms with Crippen LogP contribution in [0.1, 0.15) is 12.0 Å². The second-order valence-corrected chi connectivity index (χ2v) is 5.37. The number of benzene rings is 1. The third-order valence-corrected chi connectivity index (χ3v) is 3.45. The molecule has 0 aliphatic heterocycles. The van der Waals surface area contributed by atoms with Gasteiger partial charge in [-0.05, 0) is 19.1 Å². The van der Waals surface area contributed by atoms with E-state index in [0.29, 0.717) is 5.75 Å². The van der Waals surface area contributed by atoms with Gasteiger partial charge in [0.15, 0.2) is 6.61 Å². The number of thioether (sulfide) groups is 1.